The Bertz CT molecular complexity index is 941. The summed E-state index contributed by atoms with van der Waals surface area (Å²) >= 11 is 1.27. The van der Waals surface area contributed by atoms with Crippen molar-refractivity contribution in [3.63, 3.8) is 0 Å². The molecule has 1 N–H and O–H groups in total. The van der Waals surface area contributed by atoms with E-state index < -0.39 is 21.7 Å². The number of nitrogens with one attached hydrogen (secondary N) is 1. The fourth-order valence-corrected chi connectivity index (χ4v) is 3.71. The van der Waals surface area contributed by atoms with E-state index in [9.17, 15) is 17.2 Å². The lowest BCUT2D eigenvalue weighted by Gasteiger charge is -2.05. The van der Waals surface area contributed by atoms with E-state index in [1.807, 2.05) is 30.3 Å². The average molecular weight is 352 g/mol. The summed E-state index contributed by atoms with van der Waals surface area (Å²) in [5.74, 6) is -2.21. The molecule has 3 aromatic rings. The Balaban J connectivity index is 1.86. The van der Waals surface area contributed by atoms with Gasteiger partial charge in [-0.05, 0) is 18.2 Å². The van der Waals surface area contributed by atoms with E-state index in [-0.39, 0.29) is 10.7 Å². The van der Waals surface area contributed by atoms with Gasteiger partial charge in [-0.1, -0.05) is 30.3 Å². The van der Waals surface area contributed by atoms with Crippen LogP contribution in [0.1, 0.15) is 0 Å². The first kappa shape index (κ1) is 15.6. The number of hydrogen-bond acceptors (Lipinski definition) is 4. The van der Waals surface area contributed by atoms with Crippen LogP contribution >= 0.6 is 11.3 Å². The molecule has 0 radical (unpaired) electrons. The Morgan fingerprint density at radius 3 is 2.43 bits per heavy atom. The van der Waals surface area contributed by atoms with Crippen LogP contribution in [0.2, 0.25) is 0 Å². The third-order valence-corrected chi connectivity index (χ3v) is 5.21. The minimum absolute atomic E-state index is 0.124. The minimum Gasteiger partial charge on any atom is -0.263 e. The lowest BCUT2D eigenvalue weighted by Crippen LogP contribution is -2.13. The zero-order valence-electron chi connectivity index (χ0n) is 11.5. The van der Waals surface area contributed by atoms with E-state index in [1.165, 1.54) is 11.3 Å². The van der Waals surface area contributed by atoms with Crippen molar-refractivity contribution in [1.29, 1.82) is 0 Å². The van der Waals surface area contributed by atoms with E-state index >= 15 is 0 Å². The van der Waals surface area contributed by atoms with Gasteiger partial charge in [0.15, 0.2) is 17.5 Å². The second-order valence-electron chi connectivity index (χ2n) is 4.59. The van der Waals surface area contributed by atoms with Crippen LogP contribution in [-0.2, 0) is 10.0 Å². The Morgan fingerprint density at radius 1 is 1.00 bits per heavy atom. The quantitative estimate of drug-likeness (QED) is 0.775. The third-order valence-electron chi connectivity index (χ3n) is 2.97. The molecule has 0 atom stereocenters. The fourth-order valence-electron chi connectivity index (χ4n) is 1.87. The lowest BCUT2D eigenvalue weighted by molar-refractivity contribution is 0.504. The van der Waals surface area contributed by atoms with E-state index in [2.05, 4.69) is 9.71 Å². The predicted octanol–water partition coefficient (Wildman–Crippen LogP) is 3.89. The summed E-state index contributed by atoms with van der Waals surface area (Å²) in [7, 11) is -4.03. The van der Waals surface area contributed by atoms with Crippen molar-refractivity contribution < 1.29 is 17.2 Å². The molecule has 2 aromatic carbocycles. The normalized spacial score (nSPS) is 11.4. The van der Waals surface area contributed by atoms with Crippen LogP contribution in [0.4, 0.5) is 14.6 Å². The first-order valence-corrected chi connectivity index (χ1v) is 8.81. The predicted molar refractivity (Wildman–Crippen MR) is 84.7 cm³/mol. The summed E-state index contributed by atoms with van der Waals surface area (Å²) in [5.41, 5.74) is 0.857. The topological polar surface area (TPSA) is 59.1 Å². The molecule has 0 aliphatic carbocycles. The molecule has 4 nitrogen and oxygen atoms in total. The maximum absolute atomic E-state index is 13.2. The van der Waals surface area contributed by atoms with Crippen LogP contribution in [0.5, 0.6) is 0 Å². The highest BCUT2D eigenvalue weighted by Gasteiger charge is 2.18. The van der Waals surface area contributed by atoms with Crippen LogP contribution < -0.4 is 4.72 Å². The molecule has 8 heteroatoms. The number of hydrogen-bond donors (Lipinski definition) is 1. The van der Waals surface area contributed by atoms with Gasteiger partial charge in [-0.2, -0.15) is 0 Å². The standard InChI is InChI=1S/C15H10F2N2O2S2/c16-12-7-6-11(8-13(12)17)23(20,21)19-14-9-22-15(18-14)10-4-2-1-3-5-10/h1-9,19H. The summed E-state index contributed by atoms with van der Waals surface area (Å²) in [5, 5.41) is 2.19. The molecular formula is C15H10F2N2O2S2. The van der Waals surface area contributed by atoms with Crippen LogP contribution in [0.15, 0.2) is 58.8 Å². The minimum atomic E-state index is -4.03. The number of sulfonamides is 1. The molecule has 0 aliphatic rings. The zero-order chi connectivity index (χ0) is 16.4. The zero-order valence-corrected chi connectivity index (χ0v) is 13.2. The Hall–Kier alpha value is -2.32. The van der Waals surface area contributed by atoms with E-state index in [0.717, 1.165) is 17.7 Å². The molecule has 1 aromatic heterocycles. The summed E-state index contributed by atoms with van der Waals surface area (Å²) in [4.78, 5) is 3.82. The Kier molecular flexibility index (Phi) is 4.10. The van der Waals surface area contributed by atoms with Gasteiger partial charge >= 0.3 is 0 Å². The van der Waals surface area contributed by atoms with Crippen molar-refractivity contribution in [1.82, 2.24) is 4.98 Å². The molecule has 0 amide bonds. The SMILES string of the molecule is O=S(=O)(Nc1csc(-c2ccccc2)n1)c1ccc(F)c(F)c1. The molecule has 118 valence electrons. The highest BCUT2D eigenvalue weighted by molar-refractivity contribution is 7.92. The molecule has 0 saturated heterocycles. The maximum Gasteiger partial charge on any atom is 0.263 e. The lowest BCUT2D eigenvalue weighted by atomic mass is 10.2. The van der Waals surface area contributed by atoms with Crippen molar-refractivity contribution in [2.45, 2.75) is 4.90 Å². The van der Waals surface area contributed by atoms with Crippen molar-refractivity contribution >= 4 is 27.2 Å². The van der Waals surface area contributed by atoms with E-state index in [4.69, 9.17) is 0 Å². The number of thiazole rings is 1. The summed E-state index contributed by atoms with van der Waals surface area (Å²) in [6.07, 6.45) is 0. The molecule has 0 unspecified atom stereocenters. The third kappa shape index (κ3) is 3.38. The number of benzene rings is 2. The van der Waals surface area contributed by atoms with Crippen LogP contribution in [0.3, 0.4) is 0 Å². The van der Waals surface area contributed by atoms with Gasteiger partial charge in [-0.3, -0.25) is 4.72 Å². The molecule has 0 saturated carbocycles. The highest BCUT2D eigenvalue weighted by Crippen LogP contribution is 2.27. The summed E-state index contributed by atoms with van der Waals surface area (Å²) in [6.45, 7) is 0. The van der Waals surface area contributed by atoms with Gasteiger partial charge in [0.25, 0.3) is 10.0 Å². The van der Waals surface area contributed by atoms with Gasteiger partial charge in [0.05, 0.1) is 4.90 Å². The summed E-state index contributed by atoms with van der Waals surface area (Å²) in [6, 6.07) is 11.7. The number of nitrogens with zero attached hydrogens (tertiary/aromatic N) is 1. The van der Waals surface area contributed by atoms with Gasteiger partial charge < -0.3 is 0 Å². The molecule has 3 rings (SSSR count). The maximum atomic E-state index is 13.2. The van der Waals surface area contributed by atoms with Gasteiger partial charge in [-0.25, -0.2) is 22.2 Å². The average Bonchev–Trinajstić information content (AvgIpc) is 2.98. The van der Waals surface area contributed by atoms with E-state index in [1.54, 1.807) is 5.38 Å². The Labute approximate surface area is 135 Å². The van der Waals surface area contributed by atoms with Crippen LogP contribution in [-0.4, -0.2) is 13.4 Å². The molecule has 0 spiro atoms. The van der Waals surface area contributed by atoms with Crippen LogP contribution in [0, 0.1) is 11.6 Å². The van der Waals surface area contributed by atoms with Gasteiger partial charge in [0.1, 0.15) is 5.01 Å². The number of rotatable bonds is 4. The molecular weight excluding hydrogens is 342 g/mol. The van der Waals surface area contributed by atoms with Gasteiger partial charge in [0.2, 0.25) is 0 Å². The van der Waals surface area contributed by atoms with Crippen molar-refractivity contribution in [2.24, 2.45) is 0 Å². The fraction of sp³-hybridized carbons (Fsp3) is 0. The van der Waals surface area contributed by atoms with Gasteiger partial charge in [-0.15, -0.1) is 11.3 Å². The van der Waals surface area contributed by atoms with Crippen molar-refractivity contribution in [2.75, 3.05) is 4.72 Å². The number of aromatic nitrogens is 1. The van der Waals surface area contributed by atoms with Crippen molar-refractivity contribution in [3.8, 4) is 10.6 Å². The van der Waals surface area contributed by atoms with Gasteiger partial charge in [0, 0.05) is 10.9 Å². The smallest absolute Gasteiger partial charge is 0.263 e. The molecule has 0 bridgehead atoms. The molecule has 0 fully saturated rings. The van der Waals surface area contributed by atoms with Crippen molar-refractivity contribution in [3.05, 3.63) is 65.5 Å². The first-order valence-electron chi connectivity index (χ1n) is 6.44. The second-order valence-corrected chi connectivity index (χ2v) is 7.13. The number of anilines is 1. The summed E-state index contributed by atoms with van der Waals surface area (Å²) < 4.78 is 52.7. The Morgan fingerprint density at radius 2 is 1.74 bits per heavy atom. The van der Waals surface area contributed by atoms with E-state index in [0.29, 0.717) is 11.1 Å². The highest BCUT2D eigenvalue weighted by atomic mass is 32.2. The monoisotopic (exact) mass is 352 g/mol. The first-order chi connectivity index (χ1) is 11.0. The molecule has 1 heterocycles. The molecule has 0 aliphatic heterocycles. The largest absolute Gasteiger partial charge is 0.263 e. The number of halogens is 2. The van der Waals surface area contributed by atoms with Crippen LogP contribution in [0.25, 0.3) is 10.6 Å². The molecule has 23 heavy (non-hydrogen) atoms. The second kappa shape index (κ2) is 6.05.